The van der Waals surface area contributed by atoms with Crippen molar-refractivity contribution in [2.45, 2.75) is 57.3 Å². The van der Waals surface area contributed by atoms with E-state index in [1.165, 1.54) is 0 Å². The van der Waals surface area contributed by atoms with Gasteiger partial charge in [-0.05, 0) is 45.6 Å². The Kier molecular flexibility index (Phi) is 5.19. The van der Waals surface area contributed by atoms with Crippen LogP contribution in [0.5, 0.6) is 5.75 Å². The molecule has 0 aliphatic heterocycles. The first-order valence-corrected chi connectivity index (χ1v) is 9.87. The number of fused-ring (bicyclic) bond motifs is 1. The highest BCUT2D eigenvalue weighted by Gasteiger charge is 2.24. The van der Waals surface area contributed by atoms with E-state index in [0.717, 1.165) is 36.7 Å². The first kappa shape index (κ1) is 19.3. The number of nitrogen functional groups attached to an aromatic ring is 1. The number of aliphatic hydroxyl groups is 1. The van der Waals surface area contributed by atoms with Gasteiger partial charge in [0, 0.05) is 48.1 Å². The third-order valence-corrected chi connectivity index (χ3v) is 5.22. The summed E-state index contributed by atoms with van der Waals surface area (Å²) in [5, 5.41) is 13.4. The third kappa shape index (κ3) is 4.54. The molecular formula is C21H26N6O2. The molecule has 8 heteroatoms. The Labute approximate surface area is 169 Å². The van der Waals surface area contributed by atoms with Gasteiger partial charge in [-0.3, -0.25) is 4.98 Å². The molecule has 2 heterocycles. The van der Waals surface area contributed by atoms with Crippen LogP contribution in [0.4, 0.5) is 11.6 Å². The van der Waals surface area contributed by atoms with E-state index in [2.05, 4.69) is 25.3 Å². The highest BCUT2D eigenvalue weighted by Crippen LogP contribution is 2.30. The number of nitrogens with one attached hydrogen (secondary N) is 1. The van der Waals surface area contributed by atoms with Gasteiger partial charge in [-0.1, -0.05) is 0 Å². The summed E-state index contributed by atoms with van der Waals surface area (Å²) >= 11 is 0. The predicted octanol–water partition coefficient (Wildman–Crippen LogP) is 3.03. The number of nitrogens with zero attached hydrogens (tertiary/aromatic N) is 4. The van der Waals surface area contributed by atoms with Crippen LogP contribution in [0.15, 0.2) is 36.9 Å². The average Bonchev–Trinajstić information content (AvgIpc) is 2.69. The quantitative estimate of drug-likeness (QED) is 0.565. The Morgan fingerprint density at radius 2 is 1.72 bits per heavy atom. The molecule has 0 radical (unpaired) electrons. The van der Waals surface area contributed by atoms with Crippen LogP contribution in [0.25, 0.3) is 11.0 Å². The van der Waals surface area contributed by atoms with Gasteiger partial charge in [-0.25, -0.2) is 15.0 Å². The molecule has 1 aliphatic carbocycles. The third-order valence-electron chi connectivity index (χ3n) is 5.22. The molecule has 0 spiro atoms. The molecule has 1 saturated carbocycles. The monoisotopic (exact) mass is 394 g/mol. The van der Waals surface area contributed by atoms with Crippen molar-refractivity contribution in [2.75, 3.05) is 11.1 Å². The van der Waals surface area contributed by atoms with E-state index < -0.39 is 5.60 Å². The maximum atomic E-state index is 10.0. The molecule has 152 valence electrons. The van der Waals surface area contributed by atoms with E-state index in [0.29, 0.717) is 29.0 Å². The lowest BCUT2D eigenvalue weighted by Gasteiger charge is -2.29. The Hall–Kier alpha value is -3.00. The molecule has 0 saturated heterocycles. The van der Waals surface area contributed by atoms with E-state index >= 15 is 0 Å². The fourth-order valence-corrected chi connectivity index (χ4v) is 3.56. The van der Waals surface area contributed by atoms with Gasteiger partial charge in [-0.2, -0.15) is 0 Å². The molecule has 1 fully saturated rings. The molecule has 1 aliphatic rings. The van der Waals surface area contributed by atoms with Crippen LogP contribution < -0.4 is 15.8 Å². The van der Waals surface area contributed by atoms with Crippen molar-refractivity contribution in [1.29, 1.82) is 0 Å². The molecule has 0 atom stereocenters. The second-order valence-electron chi connectivity index (χ2n) is 8.03. The molecule has 0 amide bonds. The maximum Gasteiger partial charge on any atom is 0.222 e. The summed E-state index contributed by atoms with van der Waals surface area (Å²) in [6.45, 7) is 3.43. The Bertz CT molecular complexity index is 979. The number of hydrogen-bond donors (Lipinski definition) is 3. The van der Waals surface area contributed by atoms with Crippen molar-refractivity contribution in [3.05, 3.63) is 42.5 Å². The number of ether oxygens (including phenoxy) is 1. The van der Waals surface area contributed by atoms with E-state index in [-0.39, 0.29) is 6.10 Å². The number of anilines is 2. The lowest BCUT2D eigenvalue weighted by molar-refractivity contribution is 0.0778. The topological polar surface area (TPSA) is 119 Å². The van der Waals surface area contributed by atoms with Crippen LogP contribution in [-0.4, -0.2) is 37.2 Å². The molecule has 3 aromatic rings. The standard InChI is InChI=1S/C21H26N6O2/c1-21(2,28)13-11-25-20(26-12-13)27-15-3-5-16(6-4-15)29-18-10-14(22)9-17-19(18)24-8-7-23-17/h7-12,15-16,28H,3-6,22H2,1-2H3,(H,25,26,27). The number of benzene rings is 1. The lowest BCUT2D eigenvalue weighted by Crippen LogP contribution is -2.32. The first-order chi connectivity index (χ1) is 13.9. The Balaban J connectivity index is 1.35. The van der Waals surface area contributed by atoms with Gasteiger partial charge in [0.2, 0.25) is 5.95 Å². The summed E-state index contributed by atoms with van der Waals surface area (Å²) in [5.74, 6) is 1.27. The zero-order chi connectivity index (χ0) is 20.4. The van der Waals surface area contributed by atoms with Gasteiger partial charge in [0.25, 0.3) is 0 Å². The van der Waals surface area contributed by atoms with Gasteiger partial charge in [0.05, 0.1) is 17.2 Å². The normalized spacial score (nSPS) is 19.8. The smallest absolute Gasteiger partial charge is 0.222 e. The maximum absolute atomic E-state index is 10.0. The molecule has 2 aromatic heterocycles. The number of hydrogen-bond acceptors (Lipinski definition) is 8. The minimum absolute atomic E-state index is 0.110. The zero-order valence-electron chi connectivity index (χ0n) is 16.7. The van der Waals surface area contributed by atoms with E-state index in [1.54, 1.807) is 44.7 Å². The Morgan fingerprint density at radius 1 is 1.03 bits per heavy atom. The summed E-state index contributed by atoms with van der Waals surface area (Å²) in [6.07, 6.45) is 10.5. The molecule has 0 bridgehead atoms. The highest BCUT2D eigenvalue weighted by atomic mass is 16.5. The SMILES string of the molecule is CC(C)(O)c1cnc(NC2CCC(Oc3cc(N)cc4nccnc34)CC2)nc1. The van der Waals surface area contributed by atoms with Crippen LogP contribution in [0.3, 0.4) is 0 Å². The predicted molar refractivity (Wildman–Crippen MR) is 112 cm³/mol. The second-order valence-corrected chi connectivity index (χ2v) is 8.03. The largest absolute Gasteiger partial charge is 0.488 e. The summed E-state index contributed by atoms with van der Waals surface area (Å²) < 4.78 is 6.23. The van der Waals surface area contributed by atoms with Crippen molar-refractivity contribution in [1.82, 2.24) is 19.9 Å². The fourth-order valence-electron chi connectivity index (χ4n) is 3.56. The molecule has 29 heavy (non-hydrogen) atoms. The molecule has 0 unspecified atom stereocenters. The van der Waals surface area contributed by atoms with Crippen LogP contribution in [-0.2, 0) is 5.60 Å². The van der Waals surface area contributed by atoms with Crippen molar-refractivity contribution < 1.29 is 9.84 Å². The molecule has 8 nitrogen and oxygen atoms in total. The average molecular weight is 394 g/mol. The van der Waals surface area contributed by atoms with E-state index in [9.17, 15) is 5.11 Å². The van der Waals surface area contributed by atoms with Crippen LogP contribution >= 0.6 is 0 Å². The minimum Gasteiger partial charge on any atom is -0.488 e. The van der Waals surface area contributed by atoms with Gasteiger partial charge in [-0.15, -0.1) is 0 Å². The summed E-state index contributed by atoms with van der Waals surface area (Å²) in [4.78, 5) is 17.4. The molecule has 1 aromatic carbocycles. The van der Waals surface area contributed by atoms with Gasteiger partial charge >= 0.3 is 0 Å². The van der Waals surface area contributed by atoms with E-state index in [1.807, 2.05) is 6.07 Å². The number of aromatic nitrogens is 4. The summed E-state index contributed by atoms with van der Waals surface area (Å²) in [6, 6.07) is 3.92. The van der Waals surface area contributed by atoms with E-state index in [4.69, 9.17) is 10.5 Å². The minimum atomic E-state index is -0.941. The number of nitrogens with two attached hydrogens (primary N) is 1. The molecule has 4 rings (SSSR count). The Morgan fingerprint density at radius 3 is 2.41 bits per heavy atom. The van der Waals surface area contributed by atoms with Gasteiger partial charge in [0.15, 0.2) is 0 Å². The van der Waals surface area contributed by atoms with Crippen LogP contribution in [0.1, 0.15) is 45.1 Å². The van der Waals surface area contributed by atoms with Crippen LogP contribution in [0, 0.1) is 0 Å². The van der Waals surface area contributed by atoms with Crippen molar-refractivity contribution in [3.63, 3.8) is 0 Å². The highest BCUT2D eigenvalue weighted by molar-refractivity contribution is 5.84. The molecular weight excluding hydrogens is 368 g/mol. The zero-order valence-corrected chi connectivity index (χ0v) is 16.7. The van der Waals surface area contributed by atoms with Crippen LogP contribution in [0.2, 0.25) is 0 Å². The lowest BCUT2D eigenvalue weighted by atomic mass is 9.93. The fraction of sp³-hybridized carbons (Fsp3) is 0.429. The first-order valence-electron chi connectivity index (χ1n) is 9.87. The summed E-state index contributed by atoms with van der Waals surface area (Å²) in [7, 11) is 0. The number of rotatable bonds is 5. The summed E-state index contributed by atoms with van der Waals surface area (Å²) in [5.41, 5.74) is 7.84. The van der Waals surface area contributed by atoms with Crippen molar-refractivity contribution in [3.8, 4) is 5.75 Å². The second kappa shape index (κ2) is 7.79. The molecule has 4 N–H and O–H groups in total. The van der Waals surface area contributed by atoms with Gasteiger partial charge in [0.1, 0.15) is 11.3 Å². The van der Waals surface area contributed by atoms with Crippen molar-refractivity contribution >= 4 is 22.7 Å². The van der Waals surface area contributed by atoms with Gasteiger partial charge < -0.3 is 20.9 Å². The van der Waals surface area contributed by atoms with Crippen molar-refractivity contribution in [2.24, 2.45) is 0 Å².